The predicted molar refractivity (Wildman–Crippen MR) is 102 cm³/mol. The molecule has 1 aliphatic heterocycles. The van der Waals surface area contributed by atoms with Crippen molar-refractivity contribution in [1.29, 1.82) is 0 Å². The van der Waals surface area contributed by atoms with Gasteiger partial charge in [-0.1, -0.05) is 18.2 Å². The first-order valence-electron chi connectivity index (χ1n) is 9.06. The van der Waals surface area contributed by atoms with Gasteiger partial charge < -0.3 is 24.6 Å². The molecule has 1 rings (SSSR count). The van der Waals surface area contributed by atoms with Crippen LogP contribution in [0.4, 0.5) is 4.79 Å². The predicted octanol–water partition coefficient (Wildman–Crippen LogP) is 2.97. The number of carboxylic acids is 1. The van der Waals surface area contributed by atoms with E-state index < -0.39 is 23.6 Å². The molecule has 0 aromatic rings. The van der Waals surface area contributed by atoms with Gasteiger partial charge in [0, 0.05) is 13.1 Å². The van der Waals surface area contributed by atoms with Gasteiger partial charge in [0.2, 0.25) is 0 Å². The van der Waals surface area contributed by atoms with Gasteiger partial charge in [-0.25, -0.2) is 4.79 Å². The lowest BCUT2D eigenvalue weighted by atomic mass is 9.80. The molecule has 0 unspecified atom stereocenters. The molecule has 2 atom stereocenters. The van der Waals surface area contributed by atoms with Gasteiger partial charge in [0.05, 0.1) is 12.5 Å². The highest BCUT2D eigenvalue weighted by Crippen LogP contribution is 2.31. The fourth-order valence-corrected chi connectivity index (χ4v) is 2.84. The van der Waals surface area contributed by atoms with E-state index in [2.05, 4.69) is 6.58 Å². The minimum Gasteiger partial charge on any atom is -0.492 e. The highest BCUT2D eigenvalue weighted by atomic mass is 16.6. The van der Waals surface area contributed by atoms with E-state index in [9.17, 15) is 14.7 Å². The zero-order chi connectivity index (χ0) is 20.6. The van der Waals surface area contributed by atoms with Gasteiger partial charge >= 0.3 is 12.1 Å². The highest BCUT2D eigenvalue weighted by molar-refractivity contribution is 5.74. The number of carbonyl (C=O) groups is 2. The molecule has 0 aromatic heterocycles. The third-order valence-corrected chi connectivity index (χ3v) is 4.16. The van der Waals surface area contributed by atoms with E-state index in [-0.39, 0.29) is 25.7 Å². The Balaban J connectivity index is 2.80. The van der Waals surface area contributed by atoms with Crippen molar-refractivity contribution in [2.75, 3.05) is 26.3 Å². The molecule has 0 aliphatic carbocycles. The smallest absolute Gasteiger partial charge is 0.410 e. The van der Waals surface area contributed by atoms with Gasteiger partial charge in [-0.05, 0) is 52.2 Å². The molecule has 152 valence electrons. The summed E-state index contributed by atoms with van der Waals surface area (Å²) in [5, 5.41) is 18.4. The average Bonchev–Trinajstić information content (AvgIpc) is 2.59. The van der Waals surface area contributed by atoms with Crippen LogP contribution in [0.3, 0.4) is 0 Å². The van der Waals surface area contributed by atoms with E-state index in [4.69, 9.17) is 14.6 Å². The minimum atomic E-state index is -0.967. The van der Waals surface area contributed by atoms with Crippen LogP contribution in [-0.4, -0.2) is 59.1 Å². The molecule has 7 nitrogen and oxygen atoms in total. The van der Waals surface area contributed by atoms with E-state index in [1.807, 2.05) is 0 Å². The molecule has 0 spiro atoms. The van der Waals surface area contributed by atoms with Gasteiger partial charge in [0.1, 0.15) is 18.0 Å². The topological polar surface area (TPSA) is 96.3 Å². The summed E-state index contributed by atoms with van der Waals surface area (Å²) in [6.45, 7) is 11.7. The Labute approximate surface area is 160 Å². The van der Waals surface area contributed by atoms with Crippen LogP contribution in [0.2, 0.25) is 0 Å². The number of hydrogen-bond acceptors (Lipinski definition) is 5. The Kier molecular flexibility index (Phi) is 8.56. The van der Waals surface area contributed by atoms with Crippen LogP contribution in [0, 0.1) is 11.8 Å². The lowest BCUT2D eigenvalue weighted by Crippen LogP contribution is -2.48. The first-order chi connectivity index (χ1) is 12.6. The largest absolute Gasteiger partial charge is 0.492 e. The lowest BCUT2D eigenvalue weighted by molar-refractivity contribution is -0.145. The average molecular weight is 381 g/mol. The summed E-state index contributed by atoms with van der Waals surface area (Å²) >= 11 is 0. The van der Waals surface area contributed by atoms with Crippen LogP contribution >= 0.6 is 0 Å². The lowest BCUT2D eigenvalue weighted by Gasteiger charge is -2.37. The zero-order valence-electron chi connectivity index (χ0n) is 16.6. The Morgan fingerprint density at radius 1 is 1.26 bits per heavy atom. The number of aliphatic hydroxyl groups is 1. The van der Waals surface area contributed by atoms with Gasteiger partial charge in [0.15, 0.2) is 0 Å². The Morgan fingerprint density at radius 3 is 2.44 bits per heavy atom. The van der Waals surface area contributed by atoms with Crippen molar-refractivity contribution in [3.63, 3.8) is 0 Å². The van der Waals surface area contributed by atoms with Crippen molar-refractivity contribution < 1.29 is 29.3 Å². The van der Waals surface area contributed by atoms with Crippen molar-refractivity contribution in [1.82, 2.24) is 4.90 Å². The van der Waals surface area contributed by atoms with E-state index in [1.54, 1.807) is 45.9 Å². The van der Waals surface area contributed by atoms with E-state index in [0.29, 0.717) is 24.3 Å². The van der Waals surface area contributed by atoms with E-state index in [0.717, 1.165) is 0 Å². The molecule has 1 saturated heterocycles. The fourth-order valence-electron chi connectivity index (χ4n) is 2.84. The molecule has 1 fully saturated rings. The summed E-state index contributed by atoms with van der Waals surface area (Å²) in [6, 6.07) is 0. The van der Waals surface area contributed by atoms with Gasteiger partial charge in [0.25, 0.3) is 0 Å². The number of nitrogens with zero attached hydrogens (tertiary/aromatic N) is 1. The number of ether oxygens (including phenoxy) is 2. The molecule has 0 bridgehead atoms. The number of amides is 1. The van der Waals surface area contributed by atoms with Crippen molar-refractivity contribution in [3.8, 4) is 0 Å². The number of allylic oxidation sites excluding steroid dienone is 4. The second-order valence-electron chi connectivity index (χ2n) is 7.44. The SMILES string of the molecule is C=C(/C=C\C(=C/C)OCCO)[C@H]1CCN(C(=O)OC(C)(C)C)C[C@@H]1C(=O)O. The second-order valence-corrected chi connectivity index (χ2v) is 7.44. The number of carbonyl (C=O) groups excluding carboxylic acids is 1. The number of likely N-dealkylation sites (tertiary alicyclic amines) is 1. The molecule has 27 heavy (non-hydrogen) atoms. The zero-order valence-corrected chi connectivity index (χ0v) is 16.6. The van der Waals surface area contributed by atoms with E-state index in [1.165, 1.54) is 4.90 Å². The molecule has 2 N–H and O–H groups in total. The maximum atomic E-state index is 12.2. The molecule has 0 radical (unpaired) electrons. The highest BCUT2D eigenvalue weighted by Gasteiger charge is 2.38. The van der Waals surface area contributed by atoms with Crippen LogP contribution in [0.25, 0.3) is 0 Å². The van der Waals surface area contributed by atoms with Gasteiger partial charge in [-0.2, -0.15) is 0 Å². The Morgan fingerprint density at radius 2 is 1.93 bits per heavy atom. The monoisotopic (exact) mass is 381 g/mol. The van der Waals surface area contributed by atoms with Crippen molar-refractivity contribution >= 4 is 12.1 Å². The van der Waals surface area contributed by atoms with Gasteiger partial charge in [-0.15, -0.1) is 0 Å². The van der Waals surface area contributed by atoms with Crippen LogP contribution < -0.4 is 0 Å². The van der Waals surface area contributed by atoms with Crippen molar-refractivity contribution in [3.05, 3.63) is 36.1 Å². The standard InChI is InChI=1S/C20H31NO6/c1-6-15(26-12-11-22)8-7-14(2)16-9-10-21(13-17(16)18(23)24)19(25)27-20(3,4)5/h6-8,16-17,22H,2,9-13H2,1,3-5H3,(H,23,24)/b8-7-,15-6+/t16-,17+/m1/s1. The number of hydrogen-bond donors (Lipinski definition) is 2. The molecule has 0 aromatic carbocycles. The van der Waals surface area contributed by atoms with Crippen LogP contribution in [0.5, 0.6) is 0 Å². The summed E-state index contributed by atoms with van der Waals surface area (Å²) in [4.78, 5) is 25.4. The molecular formula is C20H31NO6. The number of rotatable bonds is 7. The maximum Gasteiger partial charge on any atom is 0.410 e. The van der Waals surface area contributed by atoms with Crippen LogP contribution in [0.1, 0.15) is 34.1 Å². The fraction of sp³-hybridized carbons (Fsp3) is 0.600. The van der Waals surface area contributed by atoms with Crippen LogP contribution in [-0.2, 0) is 14.3 Å². The van der Waals surface area contributed by atoms with Crippen LogP contribution in [0.15, 0.2) is 36.1 Å². The van der Waals surface area contributed by atoms with Crippen molar-refractivity contribution in [2.45, 2.75) is 39.7 Å². The summed E-state index contributed by atoms with van der Waals surface area (Å²) in [6.07, 6.45) is 5.18. The molecule has 1 amide bonds. The summed E-state index contributed by atoms with van der Waals surface area (Å²) in [5.74, 6) is -1.43. The minimum absolute atomic E-state index is 0.0826. The third-order valence-electron chi connectivity index (χ3n) is 4.16. The quantitative estimate of drug-likeness (QED) is 0.520. The number of piperidine rings is 1. The van der Waals surface area contributed by atoms with E-state index >= 15 is 0 Å². The third kappa shape index (κ3) is 7.46. The molecule has 1 heterocycles. The Bertz CT molecular complexity index is 602. The summed E-state index contributed by atoms with van der Waals surface area (Å²) in [5.41, 5.74) is 0.0365. The first-order valence-corrected chi connectivity index (χ1v) is 9.06. The first kappa shape index (κ1) is 22.8. The Hall–Kier alpha value is -2.28. The summed E-state index contributed by atoms with van der Waals surface area (Å²) < 4.78 is 10.7. The molecular weight excluding hydrogens is 350 g/mol. The maximum absolute atomic E-state index is 12.2. The molecule has 0 saturated carbocycles. The number of aliphatic hydroxyl groups excluding tert-OH is 1. The van der Waals surface area contributed by atoms with Gasteiger partial charge in [-0.3, -0.25) is 4.79 Å². The molecule has 7 heteroatoms. The number of aliphatic carboxylic acids is 1. The molecule has 1 aliphatic rings. The second kappa shape index (κ2) is 10.2. The normalized spacial score (nSPS) is 21.2. The number of carboxylic acid groups (broad SMARTS) is 1. The summed E-state index contributed by atoms with van der Waals surface area (Å²) in [7, 11) is 0. The van der Waals surface area contributed by atoms with Crippen molar-refractivity contribution in [2.24, 2.45) is 11.8 Å².